The SMILES string of the molecule is CC(CCC(=O)Nc1ccc(CC(CN2CCN(CC(=O)OC(C)(C)C)CCN(CC(=O)OC(C)(C)C)CC2)NCC(=O)OC(C)(C)C)cc1)[C@H]1CCC2C3C(C[C@H](O)[C@@]21C)[C@@]1(C)CC[C@@H](N=[N+]=[N-])C[C@H]1C[C@H]3O. The average Bonchev–Trinajstić information content (AvgIpc) is 3.67. The number of aliphatic hydroxyl groups is 2. The number of amides is 1. The number of carbonyl (C=O) groups excluding carboxylic acids is 4. The smallest absolute Gasteiger partial charge is 0.320 e. The van der Waals surface area contributed by atoms with Crippen LogP contribution in [0.2, 0.25) is 0 Å². The third-order valence-electron chi connectivity index (χ3n) is 17.5. The first kappa shape index (κ1) is 59.4. The van der Waals surface area contributed by atoms with Crippen LogP contribution >= 0.6 is 0 Å². The molecule has 0 spiro atoms. The Hall–Kier alpha value is -3.83. The maximum atomic E-state index is 13.6. The highest BCUT2D eigenvalue weighted by Crippen LogP contribution is 2.68. The summed E-state index contributed by atoms with van der Waals surface area (Å²) < 4.78 is 17.0. The van der Waals surface area contributed by atoms with E-state index in [-0.39, 0.29) is 102 Å². The molecule has 0 bridgehead atoms. The second-order valence-electron chi connectivity index (χ2n) is 26.4. The van der Waals surface area contributed by atoms with Gasteiger partial charge in [0.05, 0.1) is 31.8 Å². The van der Waals surface area contributed by atoms with Gasteiger partial charge >= 0.3 is 17.9 Å². The summed E-state index contributed by atoms with van der Waals surface area (Å²) in [6, 6.07) is 7.66. The Morgan fingerprint density at radius 2 is 1.32 bits per heavy atom. The summed E-state index contributed by atoms with van der Waals surface area (Å²) in [4.78, 5) is 62.2. The summed E-state index contributed by atoms with van der Waals surface area (Å²) in [5.74, 6) is 0.279. The first-order valence-electron chi connectivity index (χ1n) is 27.9. The van der Waals surface area contributed by atoms with Gasteiger partial charge in [0, 0.05) is 74.9 Å². The van der Waals surface area contributed by atoms with E-state index in [4.69, 9.17) is 19.7 Å². The summed E-state index contributed by atoms with van der Waals surface area (Å²) in [6.45, 7) is 28.0. The fraction of sp³-hybridized carbons (Fsp3) is 0.825. The number of hydrogen-bond donors (Lipinski definition) is 4. The van der Waals surface area contributed by atoms with Gasteiger partial charge in [0.25, 0.3) is 0 Å². The fourth-order valence-corrected chi connectivity index (χ4v) is 14.0. The zero-order valence-electron chi connectivity index (χ0n) is 47.2. The number of esters is 3. The van der Waals surface area contributed by atoms with Crippen LogP contribution in [0.1, 0.15) is 146 Å². The van der Waals surface area contributed by atoms with Crippen molar-refractivity contribution >= 4 is 29.5 Å². The minimum atomic E-state index is -0.636. The average molecular weight is 1040 g/mol. The topological polar surface area (TPSA) is 219 Å². The zero-order valence-corrected chi connectivity index (χ0v) is 47.2. The molecule has 6 rings (SSSR count). The molecule has 5 fully saturated rings. The third kappa shape index (κ3) is 16.1. The molecular weight excluding hydrogens is 941 g/mol. The van der Waals surface area contributed by atoms with E-state index in [0.29, 0.717) is 77.2 Å². The lowest BCUT2D eigenvalue weighted by Gasteiger charge is -2.63. The van der Waals surface area contributed by atoms with E-state index >= 15 is 0 Å². The van der Waals surface area contributed by atoms with Crippen LogP contribution in [0.3, 0.4) is 0 Å². The van der Waals surface area contributed by atoms with Gasteiger partial charge in [-0.3, -0.25) is 33.9 Å². The number of nitrogens with zero attached hydrogens (tertiary/aromatic N) is 6. The van der Waals surface area contributed by atoms with Crippen molar-refractivity contribution in [3.63, 3.8) is 0 Å². The van der Waals surface area contributed by atoms with Crippen molar-refractivity contribution in [2.45, 2.75) is 188 Å². The van der Waals surface area contributed by atoms with Crippen molar-refractivity contribution in [2.75, 3.05) is 70.8 Å². The number of anilines is 1. The Balaban J connectivity index is 1.07. The van der Waals surface area contributed by atoms with E-state index < -0.39 is 29.0 Å². The maximum absolute atomic E-state index is 13.6. The van der Waals surface area contributed by atoms with Crippen LogP contribution in [0.25, 0.3) is 10.4 Å². The number of benzene rings is 1. The van der Waals surface area contributed by atoms with Crippen molar-refractivity contribution in [3.05, 3.63) is 40.3 Å². The minimum Gasteiger partial charge on any atom is -0.459 e. The zero-order chi connectivity index (χ0) is 54.4. The van der Waals surface area contributed by atoms with E-state index in [1.165, 1.54) is 0 Å². The molecule has 1 heterocycles. The van der Waals surface area contributed by atoms with Gasteiger partial charge in [0.15, 0.2) is 0 Å². The molecule has 74 heavy (non-hydrogen) atoms. The number of rotatable bonds is 17. The molecule has 5 unspecified atom stereocenters. The highest BCUT2D eigenvalue weighted by Gasteiger charge is 2.65. The van der Waals surface area contributed by atoms with Crippen LogP contribution in [0.4, 0.5) is 5.69 Å². The fourth-order valence-electron chi connectivity index (χ4n) is 14.0. The number of hydrogen-bond acceptors (Lipinski definition) is 14. The summed E-state index contributed by atoms with van der Waals surface area (Å²) in [5, 5.41) is 34.6. The highest BCUT2D eigenvalue weighted by atomic mass is 16.6. The van der Waals surface area contributed by atoms with E-state index in [9.17, 15) is 29.4 Å². The molecule has 17 heteroatoms. The van der Waals surface area contributed by atoms with E-state index in [1.807, 2.05) is 86.6 Å². The minimum absolute atomic E-state index is 0.00509. The van der Waals surface area contributed by atoms with Gasteiger partial charge in [0.1, 0.15) is 16.8 Å². The molecule has 1 aromatic carbocycles. The van der Waals surface area contributed by atoms with Crippen molar-refractivity contribution in [1.29, 1.82) is 0 Å². The number of fused-ring (bicyclic) bond motifs is 5. The largest absolute Gasteiger partial charge is 0.459 e. The predicted octanol–water partition coefficient (Wildman–Crippen LogP) is 7.77. The molecule has 1 amide bonds. The molecule has 17 nitrogen and oxygen atoms in total. The molecule has 0 radical (unpaired) electrons. The van der Waals surface area contributed by atoms with Gasteiger partial charge in [-0.05, 0) is 190 Å². The molecule has 4 aliphatic carbocycles. The summed E-state index contributed by atoms with van der Waals surface area (Å²) in [5.41, 5.74) is 8.64. The first-order valence-corrected chi connectivity index (χ1v) is 27.9. The van der Waals surface area contributed by atoms with Crippen molar-refractivity contribution in [1.82, 2.24) is 20.0 Å². The molecule has 5 aliphatic rings. The Kier molecular flexibility index (Phi) is 19.8. The summed E-state index contributed by atoms with van der Waals surface area (Å²) in [6.07, 6.45) is 6.68. The standard InChI is InChI=1S/C57H94N8O9/c1-37(43-18-19-44-52-45(32-47(67)57(43,44)12)56(11)22-21-41(61-62-58)30-39(56)31-46(52)66)13-20-48(68)60-40-16-14-38(15-17-40)29-42(59-33-49(69)72-53(2,3)4)34-63-23-25-64(35-50(70)73-54(5,6)7)27-28-65(26-24-63)36-51(71)74-55(8,9)10/h14-17,37,39,41-47,52,59,66-67H,13,18-36H2,1-12H3,(H,60,68)/t37?,39-,41+,42?,43+,44?,45?,46+,47-,52?,56-,57+/m0/s1. The molecular formula is C57H94N8O9. The number of carbonyl (C=O) groups is 4. The Morgan fingerprint density at radius 3 is 1.88 bits per heavy atom. The normalized spacial score (nSPS) is 31.2. The molecule has 4 saturated carbocycles. The second-order valence-corrected chi connectivity index (χ2v) is 26.4. The number of aliphatic hydroxyl groups excluding tert-OH is 2. The predicted molar refractivity (Wildman–Crippen MR) is 287 cm³/mol. The van der Waals surface area contributed by atoms with Crippen molar-refractivity contribution < 1.29 is 43.6 Å². The van der Waals surface area contributed by atoms with E-state index in [2.05, 4.69) is 56.1 Å². The number of ether oxygens (including phenoxy) is 3. The van der Waals surface area contributed by atoms with Gasteiger partial charge in [-0.2, -0.15) is 0 Å². The Morgan fingerprint density at radius 1 is 0.770 bits per heavy atom. The lowest BCUT2D eigenvalue weighted by atomic mass is 9.43. The molecule has 1 aliphatic heterocycles. The molecule has 416 valence electrons. The third-order valence-corrected chi connectivity index (χ3v) is 17.5. The molecule has 1 aromatic rings. The molecule has 4 N–H and O–H groups in total. The quantitative estimate of drug-likeness (QED) is 0.0386. The Bertz CT molecular complexity index is 2070. The van der Waals surface area contributed by atoms with Crippen LogP contribution in [-0.2, 0) is 39.8 Å². The maximum Gasteiger partial charge on any atom is 0.320 e. The van der Waals surface area contributed by atoms with Gasteiger partial charge in [-0.25, -0.2) is 0 Å². The second kappa shape index (κ2) is 24.7. The van der Waals surface area contributed by atoms with E-state index in [1.54, 1.807) is 0 Å². The van der Waals surface area contributed by atoms with Crippen LogP contribution in [-0.4, -0.2) is 155 Å². The van der Waals surface area contributed by atoms with Crippen LogP contribution < -0.4 is 10.6 Å². The number of azide groups is 1. The Labute approximate surface area is 442 Å². The lowest BCUT2D eigenvalue weighted by Crippen LogP contribution is -2.62. The number of nitrogens with one attached hydrogen (secondary N) is 2. The summed E-state index contributed by atoms with van der Waals surface area (Å²) in [7, 11) is 0. The highest BCUT2D eigenvalue weighted by molar-refractivity contribution is 5.90. The van der Waals surface area contributed by atoms with Crippen LogP contribution in [0.5, 0.6) is 0 Å². The van der Waals surface area contributed by atoms with Gasteiger partial charge < -0.3 is 35.1 Å². The van der Waals surface area contributed by atoms with Gasteiger partial charge in [-0.15, -0.1) is 0 Å². The molecule has 0 aromatic heterocycles. The van der Waals surface area contributed by atoms with E-state index in [0.717, 1.165) is 44.1 Å². The van der Waals surface area contributed by atoms with Gasteiger partial charge in [0.2, 0.25) is 5.91 Å². The van der Waals surface area contributed by atoms with Gasteiger partial charge in [-0.1, -0.05) is 38.0 Å². The monoisotopic (exact) mass is 1030 g/mol. The molecule has 12 atom stereocenters. The summed E-state index contributed by atoms with van der Waals surface area (Å²) >= 11 is 0. The van der Waals surface area contributed by atoms with Crippen molar-refractivity contribution in [2.24, 2.45) is 51.5 Å². The van der Waals surface area contributed by atoms with Crippen molar-refractivity contribution in [3.8, 4) is 0 Å². The lowest BCUT2D eigenvalue weighted by molar-refractivity contribution is -0.202. The van der Waals surface area contributed by atoms with Crippen LogP contribution in [0, 0.1) is 46.3 Å². The van der Waals surface area contributed by atoms with Crippen LogP contribution in [0.15, 0.2) is 29.4 Å². The first-order chi connectivity index (χ1) is 34.5. The molecule has 1 saturated heterocycles.